The molecule has 1 saturated heterocycles. The molecule has 39 heavy (non-hydrogen) atoms. The van der Waals surface area contributed by atoms with E-state index in [0.717, 1.165) is 64.3 Å². The summed E-state index contributed by atoms with van der Waals surface area (Å²) in [4.78, 5) is 19.1. The Kier molecular flexibility index (Phi) is 5.59. The number of nitrogens with zero attached hydrogens (tertiary/aromatic N) is 6. The topological polar surface area (TPSA) is 105 Å². The third-order valence-electron chi connectivity index (χ3n) is 7.56. The zero-order valence-electron chi connectivity index (χ0n) is 21.9. The summed E-state index contributed by atoms with van der Waals surface area (Å²) in [6.45, 7) is 6.51. The molecule has 2 aliphatic rings. The van der Waals surface area contributed by atoms with Gasteiger partial charge in [-0.2, -0.15) is 5.10 Å². The molecule has 0 saturated carbocycles. The van der Waals surface area contributed by atoms with E-state index in [-0.39, 0.29) is 11.5 Å². The standard InChI is InChI=1S/C30H29N9/c1-30(2)18-31-11-10-24(30)35-29-27-22(19-6-5-7-19)16-32-17-23(27)34-28(37-29)20-9-12-33-25(14-20)36-26-15-21-8-3-4-13-39(21)38-26/h3-9,12-17,24,31H,10-11,18H2,1-2H3,(H,33,36,38)(H,34,35,37)/t24-/m0/s1. The van der Waals surface area contributed by atoms with Crippen LogP contribution < -0.4 is 16.0 Å². The molecular weight excluding hydrogens is 486 g/mol. The van der Waals surface area contributed by atoms with E-state index in [1.807, 2.05) is 65.6 Å². The first-order valence-corrected chi connectivity index (χ1v) is 13.2. The summed E-state index contributed by atoms with van der Waals surface area (Å²) in [5.74, 6) is 2.84. The Hall–Kier alpha value is -4.63. The number of rotatable bonds is 6. The third-order valence-corrected chi connectivity index (χ3v) is 7.56. The second-order valence-electron chi connectivity index (χ2n) is 10.8. The van der Waals surface area contributed by atoms with Gasteiger partial charge >= 0.3 is 0 Å². The molecule has 5 aromatic rings. The van der Waals surface area contributed by atoms with Crippen LogP contribution in [0, 0.1) is 5.41 Å². The summed E-state index contributed by atoms with van der Waals surface area (Å²) in [7, 11) is 0. The van der Waals surface area contributed by atoms with E-state index in [0.29, 0.717) is 11.6 Å². The maximum Gasteiger partial charge on any atom is 0.162 e. The molecule has 0 unspecified atom stereocenters. The molecule has 194 valence electrons. The molecule has 0 spiro atoms. The maximum absolute atomic E-state index is 5.12. The Morgan fingerprint density at radius 2 is 2.00 bits per heavy atom. The number of anilines is 3. The second kappa shape index (κ2) is 9.28. The first kappa shape index (κ1) is 23.5. The second-order valence-corrected chi connectivity index (χ2v) is 10.8. The third kappa shape index (κ3) is 4.40. The maximum atomic E-state index is 5.12. The lowest BCUT2D eigenvalue weighted by atomic mass is 9.80. The Balaban J connectivity index is 1.29. The van der Waals surface area contributed by atoms with Gasteiger partial charge in [0.1, 0.15) is 11.6 Å². The Morgan fingerprint density at radius 1 is 1.08 bits per heavy atom. The van der Waals surface area contributed by atoms with Crippen LogP contribution in [0.3, 0.4) is 0 Å². The zero-order chi connectivity index (χ0) is 26.4. The fraction of sp³-hybridized carbons (Fsp3) is 0.233. The van der Waals surface area contributed by atoms with Gasteiger partial charge in [-0.05, 0) is 48.2 Å². The number of hydrogen-bond acceptors (Lipinski definition) is 8. The molecule has 3 N–H and O–H groups in total. The SMILES string of the molecule is CC1(C)CNCC[C@@H]1Nc1nc(-c2ccnc(Nc3cc4ccccn4n3)c2)nc2cncc(C3=CC=C3)c12. The van der Waals surface area contributed by atoms with Gasteiger partial charge in [0, 0.05) is 48.4 Å². The number of fused-ring (bicyclic) bond motifs is 2. The summed E-state index contributed by atoms with van der Waals surface area (Å²) < 4.78 is 1.83. The normalized spacial score (nSPS) is 18.1. The summed E-state index contributed by atoms with van der Waals surface area (Å²) in [5, 5.41) is 16.3. The van der Waals surface area contributed by atoms with Crippen molar-refractivity contribution < 1.29 is 0 Å². The molecular formula is C30H29N9. The van der Waals surface area contributed by atoms with Crippen LogP contribution in [-0.4, -0.2) is 48.7 Å². The van der Waals surface area contributed by atoms with Crippen molar-refractivity contribution in [2.45, 2.75) is 26.3 Å². The quantitative estimate of drug-likeness (QED) is 0.282. The molecule has 9 nitrogen and oxygen atoms in total. The monoisotopic (exact) mass is 515 g/mol. The Morgan fingerprint density at radius 3 is 2.82 bits per heavy atom. The zero-order valence-corrected chi connectivity index (χ0v) is 21.9. The highest BCUT2D eigenvalue weighted by Gasteiger charge is 2.33. The molecule has 0 radical (unpaired) electrons. The highest BCUT2D eigenvalue weighted by molar-refractivity contribution is 6.02. The molecule has 1 fully saturated rings. The molecule has 0 bridgehead atoms. The molecule has 0 amide bonds. The Labute approximate surface area is 226 Å². The average Bonchev–Trinajstić information content (AvgIpc) is 3.31. The van der Waals surface area contributed by atoms with Crippen molar-refractivity contribution in [1.82, 2.24) is 34.9 Å². The van der Waals surface area contributed by atoms with Gasteiger partial charge in [0.05, 0.1) is 22.6 Å². The van der Waals surface area contributed by atoms with Crippen LogP contribution in [0.25, 0.3) is 33.4 Å². The fourth-order valence-electron chi connectivity index (χ4n) is 5.28. The smallest absolute Gasteiger partial charge is 0.162 e. The van der Waals surface area contributed by atoms with Crippen LogP contribution in [0.15, 0.2) is 79.4 Å². The van der Waals surface area contributed by atoms with Crippen LogP contribution in [0.4, 0.5) is 17.5 Å². The molecule has 1 aliphatic heterocycles. The number of nitrogens with one attached hydrogen (secondary N) is 3. The molecule has 6 heterocycles. The number of piperidine rings is 1. The van der Waals surface area contributed by atoms with E-state index in [1.165, 1.54) is 0 Å². The average molecular weight is 516 g/mol. The van der Waals surface area contributed by atoms with E-state index in [1.54, 1.807) is 6.20 Å². The molecule has 1 aliphatic carbocycles. The summed E-state index contributed by atoms with van der Waals surface area (Å²) >= 11 is 0. The molecule has 5 aromatic heterocycles. The fourth-order valence-corrected chi connectivity index (χ4v) is 5.28. The van der Waals surface area contributed by atoms with Crippen molar-refractivity contribution in [1.29, 1.82) is 0 Å². The largest absolute Gasteiger partial charge is 0.366 e. The highest BCUT2D eigenvalue weighted by Crippen LogP contribution is 2.36. The van der Waals surface area contributed by atoms with E-state index >= 15 is 0 Å². The van der Waals surface area contributed by atoms with Crippen molar-refractivity contribution in [3.8, 4) is 11.4 Å². The Bertz CT molecular complexity index is 1730. The molecule has 9 heteroatoms. The summed E-state index contributed by atoms with van der Waals surface area (Å²) in [5.41, 5.74) is 4.92. The first-order valence-electron chi connectivity index (χ1n) is 13.2. The molecule has 7 rings (SSSR count). The van der Waals surface area contributed by atoms with E-state index in [2.05, 4.69) is 57.0 Å². The van der Waals surface area contributed by atoms with Crippen LogP contribution in [0.1, 0.15) is 25.8 Å². The van der Waals surface area contributed by atoms with Gasteiger partial charge in [0.15, 0.2) is 11.6 Å². The molecule has 0 aromatic carbocycles. The highest BCUT2D eigenvalue weighted by atomic mass is 15.3. The summed E-state index contributed by atoms with van der Waals surface area (Å²) in [6.07, 6.45) is 14.7. The minimum Gasteiger partial charge on any atom is -0.366 e. The van der Waals surface area contributed by atoms with Gasteiger partial charge < -0.3 is 16.0 Å². The van der Waals surface area contributed by atoms with Crippen molar-refractivity contribution >= 4 is 39.4 Å². The summed E-state index contributed by atoms with van der Waals surface area (Å²) in [6, 6.07) is 12.1. The van der Waals surface area contributed by atoms with Crippen molar-refractivity contribution in [3.05, 3.63) is 85.0 Å². The van der Waals surface area contributed by atoms with Gasteiger partial charge in [0.25, 0.3) is 0 Å². The lowest BCUT2D eigenvalue weighted by Gasteiger charge is -2.40. The van der Waals surface area contributed by atoms with Crippen LogP contribution in [0.2, 0.25) is 0 Å². The van der Waals surface area contributed by atoms with E-state index in [4.69, 9.17) is 9.97 Å². The van der Waals surface area contributed by atoms with Crippen molar-refractivity contribution in [2.24, 2.45) is 5.41 Å². The van der Waals surface area contributed by atoms with Gasteiger partial charge in [-0.15, -0.1) is 0 Å². The van der Waals surface area contributed by atoms with Gasteiger partial charge in [-0.3, -0.25) is 4.98 Å². The first-order chi connectivity index (χ1) is 19.0. The minimum atomic E-state index is 0.0698. The number of pyridine rings is 3. The lowest BCUT2D eigenvalue weighted by Crippen LogP contribution is -2.49. The number of aromatic nitrogens is 6. The van der Waals surface area contributed by atoms with E-state index < -0.39 is 0 Å². The van der Waals surface area contributed by atoms with E-state index in [9.17, 15) is 0 Å². The van der Waals surface area contributed by atoms with Crippen LogP contribution in [0.5, 0.6) is 0 Å². The number of allylic oxidation sites excluding steroid dienone is 4. The van der Waals surface area contributed by atoms with Gasteiger partial charge in [-0.25, -0.2) is 19.5 Å². The van der Waals surface area contributed by atoms with Gasteiger partial charge in [-0.1, -0.05) is 38.1 Å². The van der Waals surface area contributed by atoms with Gasteiger partial charge in [0.2, 0.25) is 0 Å². The van der Waals surface area contributed by atoms with Crippen molar-refractivity contribution in [2.75, 3.05) is 23.7 Å². The predicted molar refractivity (Wildman–Crippen MR) is 155 cm³/mol. The van der Waals surface area contributed by atoms with Crippen LogP contribution >= 0.6 is 0 Å². The van der Waals surface area contributed by atoms with Crippen LogP contribution in [-0.2, 0) is 0 Å². The minimum absolute atomic E-state index is 0.0698. The molecule has 1 atom stereocenters. The predicted octanol–water partition coefficient (Wildman–Crippen LogP) is 5.23. The lowest BCUT2D eigenvalue weighted by molar-refractivity contribution is 0.236. The number of hydrogen-bond donors (Lipinski definition) is 3. The van der Waals surface area contributed by atoms with Crippen molar-refractivity contribution in [3.63, 3.8) is 0 Å².